The normalized spacial score (nSPS) is 11.1. The number of hydrogen-bond acceptors (Lipinski definition) is 2. The van der Waals surface area contributed by atoms with Crippen LogP contribution in [0.15, 0.2) is 24.5 Å². The molecule has 80 valence electrons. The van der Waals surface area contributed by atoms with Crippen molar-refractivity contribution in [3.63, 3.8) is 0 Å². The third kappa shape index (κ3) is 1.27. The van der Waals surface area contributed by atoms with Gasteiger partial charge < -0.3 is 4.98 Å². The minimum atomic E-state index is -0.905. The molecule has 0 saturated carbocycles. The van der Waals surface area contributed by atoms with Gasteiger partial charge >= 0.3 is 0 Å². The first-order valence-corrected chi connectivity index (χ1v) is 4.58. The topological polar surface area (TPSA) is 57.4 Å². The van der Waals surface area contributed by atoms with Crippen LogP contribution in [0.5, 0.6) is 0 Å². The number of nitrogens with one attached hydrogen (secondary N) is 2. The maximum absolute atomic E-state index is 13.0. The summed E-state index contributed by atoms with van der Waals surface area (Å²) in [5.74, 6) is -1.28. The average Bonchev–Trinajstić information content (AvgIpc) is 2.86. The second-order valence-corrected chi connectivity index (χ2v) is 3.36. The molecule has 0 unspecified atom stereocenters. The van der Waals surface area contributed by atoms with Crippen LogP contribution in [0.25, 0.3) is 22.4 Å². The van der Waals surface area contributed by atoms with Crippen LogP contribution in [0, 0.1) is 11.6 Å². The maximum atomic E-state index is 13.0. The Kier molecular flexibility index (Phi) is 1.76. The lowest BCUT2D eigenvalue weighted by Crippen LogP contribution is -1.82. The molecule has 4 nitrogen and oxygen atoms in total. The molecule has 0 fully saturated rings. The molecule has 0 aliphatic carbocycles. The van der Waals surface area contributed by atoms with Gasteiger partial charge in [0.25, 0.3) is 0 Å². The van der Waals surface area contributed by atoms with Gasteiger partial charge in [0, 0.05) is 18.3 Å². The Morgan fingerprint density at radius 1 is 1.12 bits per heavy atom. The zero-order chi connectivity index (χ0) is 11.1. The first-order chi connectivity index (χ1) is 7.74. The molecular weight excluding hydrogens is 214 g/mol. The van der Waals surface area contributed by atoms with Crippen molar-refractivity contribution in [1.82, 2.24) is 20.2 Å². The standard InChI is InChI=1S/C10H6F2N4/c11-6-1-8-9(2-7(6)12)16-10(15-8)5-3-13-14-4-5/h1-4H,(H,13,14)(H,15,16). The second-order valence-electron chi connectivity index (χ2n) is 3.36. The number of rotatable bonds is 1. The van der Waals surface area contributed by atoms with E-state index in [1.54, 1.807) is 12.4 Å². The first kappa shape index (κ1) is 9.02. The van der Waals surface area contributed by atoms with E-state index in [1.807, 2.05) is 0 Å². The van der Waals surface area contributed by atoms with Crippen molar-refractivity contribution in [2.45, 2.75) is 0 Å². The molecule has 0 aliphatic rings. The van der Waals surface area contributed by atoms with Crippen LogP contribution in [0.4, 0.5) is 8.78 Å². The van der Waals surface area contributed by atoms with Crippen molar-refractivity contribution in [1.29, 1.82) is 0 Å². The molecule has 16 heavy (non-hydrogen) atoms. The number of benzene rings is 1. The third-order valence-corrected chi connectivity index (χ3v) is 2.30. The molecule has 0 bridgehead atoms. The van der Waals surface area contributed by atoms with Gasteiger partial charge in [-0.25, -0.2) is 13.8 Å². The van der Waals surface area contributed by atoms with Crippen LogP contribution >= 0.6 is 0 Å². The summed E-state index contributed by atoms with van der Waals surface area (Å²) in [7, 11) is 0. The van der Waals surface area contributed by atoms with Crippen molar-refractivity contribution in [2.75, 3.05) is 0 Å². The summed E-state index contributed by atoms with van der Waals surface area (Å²) in [6.45, 7) is 0. The summed E-state index contributed by atoms with van der Waals surface area (Å²) in [6, 6.07) is 2.14. The molecule has 3 rings (SSSR count). The summed E-state index contributed by atoms with van der Waals surface area (Å²) in [5.41, 5.74) is 1.57. The highest BCUT2D eigenvalue weighted by Gasteiger charge is 2.10. The number of hydrogen-bond donors (Lipinski definition) is 2. The first-order valence-electron chi connectivity index (χ1n) is 4.58. The van der Waals surface area contributed by atoms with Crippen molar-refractivity contribution in [2.24, 2.45) is 0 Å². The summed E-state index contributed by atoms with van der Waals surface area (Å²) >= 11 is 0. The van der Waals surface area contributed by atoms with Crippen molar-refractivity contribution in [3.05, 3.63) is 36.2 Å². The molecule has 0 saturated heterocycles. The monoisotopic (exact) mass is 220 g/mol. The van der Waals surface area contributed by atoms with Crippen molar-refractivity contribution < 1.29 is 8.78 Å². The van der Waals surface area contributed by atoms with Crippen LogP contribution < -0.4 is 0 Å². The number of nitrogens with zero attached hydrogens (tertiary/aromatic N) is 2. The fourth-order valence-electron chi connectivity index (χ4n) is 1.52. The fraction of sp³-hybridized carbons (Fsp3) is 0. The summed E-state index contributed by atoms with van der Waals surface area (Å²) < 4.78 is 25.9. The van der Waals surface area contributed by atoms with Crippen molar-refractivity contribution in [3.8, 4) is 11.4 Å². The number of halogens is 2. The predicted octanol–water partition coefficient (Wildman–Crippen LogP) is 2.23. The van der Waals surface area contributed by atoms with Crippen LogP contribution in [-0.4, -0.2) is 20.2 Å². The molecule has 2 heterocycles. The Hall–Kier alpha value is -2.24. The van der Waals surface area contributed by atoms with Gasteiger partial charge in [0.05, 0.1) is 22.8 Å². The van der Waals surface area contributed by atoms with Gasteiger partial charge in [0.2, 0.25) is 0 Å². The lowest BCUT2D eigenvalue weighted by molar-refractivity contribution is 0.510. The second kappa shape index (κ2) is 3.13. The Labute approximate surface area is 88.3 Å². The lowest BCUT2D eigenvalue weighted by Gasteiger charge is -1.90. The van der Waals surface area contributed by atoms with Crippen LogP contribution in [0.2, 0.25) is 0 Å². The zero-order valence-corrected chi connectivity index (χ0v) is 7.96. The zero-order valence-electron chi connectivity index (χ0n) is 7.96. The summed E-state index contributed by atoms with van der Waals surface area (Å²) in [4.78, 5) is 7.02. The minimum Gasteiger partial charge on any atom is -0.338 e. The lowest BCUT2D eigenvalue weighted by atomic mass is 10.3. The maximum Gasteiger partial charge on any atom is 0.161 e. The molecule has 0 radical (unpaired) electrons. The highest BCUT2D eigenvalue weighted by molar-refractivity contribution is 5.79. The van der Waals surface area contributed by atoms with E-state index in [-0.39, 0.29) is 0 Å². The van der Waals surface area contributed by atoms with Gasteiger partial charge in [-0.05, 0) is 0 Å². The van der Waals surface area contributed by atoms with E-state index >= 15 is 0 Å². The van der Waals surface area contributed by atoms with E-state index in [0.29, 0.717) is 16.9 Å². The largest absolute Gasteiger partial charge is 0.338 e. The van der Waals surface area contributed by atoms with E-state index < -0.39 is 11.6 Å². The van der Waals surface area contributed by atoms with Gasteiger partial charge in [0.15, 0.2) is 11.6 Å². The SMILES string of the molecule is Fc1cc2nc(-c3cn[nH]c3)[nH]c2cc1F. The highest BCUT2D eigenvalue weighted by atomic mass is 19.2. The molecule has 0 spiro atoms. The van der Waals surface area contributed by atoms with Crippen LogP contribution in [0.1, 0.15) is 0 Å². The molecule has 3 aromatic rings. The van der Waals surface area contributed by atoms with Gasteiger partial charge in [-0.1, -0.05) is 0 Å². The Morgan fingerprint density at radius 3 is 2.69 bits per heavy atom. The molecule has 1 aromatic carbocycles. The van der Waals surface area contributed by atoms with E-state index in [4.69, 9.17) is 0 Å². The number of aromatic nitrogens is 4. The number of imidazole rings is 1. The number of H-pyrrole nitrogens is 2. The van der Waals surface area contributed by atoms with Gasteiger partial charge in [0.1, 0.15) is 5.82 Å². The number of fused-ring (bicyclic) bond motifs is 1. The Bertz CT molecular complexity index is 603. The third-order valence-electron chi connectivity index (χ3n) is 2.30. The Morgan fingerprint density at radius 2 is 1.94 bits per heavy atom. The molecule has 0 atom stereocenters. The van der Waals surface area contributed by atoms with E-state index in [1.165, 1.54) is 0 Å². The van der Waals surface area contributed by atoms with Crippen LogP contribution in [0.3, 0.4) is 0 Å². The molecule has 2 aromatic heterocycles. The van der Waals surface area contributed by atoms with Gasteiger partial charge in [-0.15, -0.1) is 0 Å². The molecule has 6 heteroatoms. The molecular formula is C10H6F2N4. The molecule has 0 amide bonds. The average molecular weight is 220 g/mol. The number of aromatic amines is 2. The summed E-state index contributed by atoms with van der Waals surface area (Å²) in [5, 5.41) is 6.41. The Balaban J connectivity index is 2.23. The molecule has 0 aliphatic heterocycles. The van der Waals surface area contributed by atoms with E-state index in [0.717, 1.165) is 17.7 Å². The van der Waals surface area contributed by atoms with E-state index in [2.05, 4.69) is 20.2 Å². The quantitative estimate of drug-likeness (QED) is 0.660. The van der Waals surface area contributed by atoms with Crippen molar-refractivity contribution >= 4 is 11.0 Å². The smallest absolute Gasteiger partial charge is 0.161 e. The fourth-order valence-corrected chi connectivity index (χ4v) is 1.52. The van der Waals surface area contributed by atoms with Gasteiger partial charge in [-0.2, -0.15) is 5.10 Å². The summed E-state index contributed by atoms with van der Waals surface area (Å²) in [6.07, 6.45) is 3.22. The van der Waals surface area contributed by atoms with E-state index in [9.17, 15) is 8.78 Å². The van der Waals surface area contributed by atoms with Crippen LogP contribution in [-0.2, 0) is 0 Å². The van der Waals surface area contributed by atoms with Gasteiger partial charge in [-0.3, -0.25) is 5.10 Å². The highest BCUT2D eigenvalue weighted by Crippen LogP contribution is 2.21. The molecule has 2 N–H and O–H groups in total. The minimum absolute atomic E-state index is 0.384. The predicted molar refractivity (Wildman–Crippen MR) is 53.6 cm³/mol.